The second kappa shape index (κ2) is 7.35. The van der Waals surface area contributed by atoms with Crippen LogP contribution >= 0.6 is 11.3 Å². The summed E-state index contributed by atoms with van der Waals surface area (Å²) >= 11 is 2.00. The predicted molar refractivity (Wildman–Crippen MR) is 96.7 cm³/mol. The molecule has 1 atom stereocenters. The summed E-state index contributed by atoms with van der Waals surface area (Å²) in [6.07, 6.45) is 7.56. The van der Waals surface area contributed by atoms with Crippen molar-refractivity contribution in [2.75, 3.05) is 26.2 Å². The molecule has 2 aliphatic heterocycles. The van der Waals surface area contributed by atoms with E-state index in [4.69, 9.17) is 0 Å². The molecule has 0 bridgehead atoms. The number of hydrogen-bond acceptors (Lipinski definition) is 3. The number of rotatable bonds is 5. The van der Waals surface area contributed by atoms with E-state index in [-0.39, 0.29) is 5.91 Å². The van der Waals surface area contributed by atoms with Crippen LogP contribution in [0.1, 0.15) is 55.7 Å². The predicted octanol–water partition coefficient (Wildman–Crippen LogP) is 3.93. The van der Waals surface area contributed by atoms with Crippen LogP contribution < -0.4 is 0 Å². The van der Waals surface area contributed by atoms with E-state index >= 15 is 0 Å². The minimum atomic E-state index is 0.248. The van der Waals surface area contributed by atoms with E-state index in [1.165, 1.54) is 61.4 Å². The summed E-state index contributed by atoms with van der Waals surface area (Å²) in [4.78, 5) is 19.4. The topological polar surface area (TPSA) is 23.6 Å². The molecule has 0 aliphatic carbocycles. The van der Waals surface area contributed by atoms with E-state index in [1.807, 2.05) is 11.3 Å². The van der Waals surface area contributed by atoms with Crippen LogP contribution in [-0.4, -0.2) is 41.9 Å². The highest BCUT2D eigenvalue weighted by molar-refractivity contribution is 7.11. The van der Waals surface area contributed by atoms with Crippen LogP contribution in [0, 0.1) is 5.41 Å². The Labute approximate surface area is 144 Å². The van der Waals surface area contributed by atoms with Gasteiger partial charge in [-0.05, 0) is 50.8 Å². The maximum Gasteiger partial charge on any atom is 0.219 e. The Hall–Kier alpha value is -0.870. The molecule has 0 aromatic carbocycles. The number of aryl methyl sites for hydroxylation is 1. The lowest BCUT2D eigenvalue weighted by Crippen LogP contribution is -2.44. The zero-order valence-electron chi connectivity index (χ0n) is 14.6. The van der Waals surface area contributed by atoms with Gasteiger partial charge in [0.2, 0.25) is 5.91 Å². The lowest BCUT2D eigenvalue weighted by atomic mass is 9.79. The first-order valence-corrected chi connectivity index (χ1v) is 9.97. The van der Waals surface area contributed by atoms with E-state index in [1.54, 1.807) is 6.92 Å². The molecule has 23 heavy (non-hydrogen) atoms. The summed E-state index contributed by atoms with van der Waals surface area (Å²) in [5.41, 5.74) is 0.367. The van der Waals surface area contributed by atoms with Gasteiger partial charge < -0.3 is 4.90 Å². The highest BCUT2D eigenvalue weighted by Gasteiger charge is 2.41. The van der Waals surface area contributed by atoms with Crippen LogP contribution in [0.3, 0.4) is 0 Å². The van der Waals surface area contributed by atoms with Crippen LogP contribution in [0.25, 0.3) is 0 Å². The minimum Gasteiger partial charge on any atom is -0.342 e. The third kappa shape index (κ3) is 4.16. The van der Waals surface area contributed by atoms with Gasteiger partial charge in [-0.25, -0.2) is 0 Å². The monoisotopic (exact) mass is 334 g/mol. The Kier molecular flexibility index (Phi) is 5.42. The second-order valence-corrected chi connectivity index (χ2v) is 8.73. The summed E-state index contributed by atoms with van der Waals surface area (Å²) in [5.74, 6) is 0.248. The summed E-state index contributed by atoms with van der Waals surface area (Å²) in [5, 5.41) is 0. The van der Waals surface area contributed by atoms with Gasteiger partial charge in [-0.2, -0.15) is 0 Å². The Morgan fingerprint density at radius 2 is 2.04 bits per heavy atom. The van der Waals surface area contributed by atoms with Crippen molar-refractivity contribution in [3.63, 3.8) is 0 Å². The van der Waals surface area contributed by atoms with Gasteiger partial charge in [0.1, 0.15) is 0 Å². The first kappa shape index (κ1) is 17.0. The zero-order valence-corrected chi connectivity index (χ0v) is 15.5. The van der Waals surface area contributed by atoms with Crippen molar-refractivity contribution < 1.29 is 4.79 Å². The molecule has 3 heterocycles. The van der Waals surface area contributed by atoms with Gasteiger partial charge in [0.25, 0.3) is 0 Å². The number of nitrogens with zero attached hydrogens (tertiary/aromatic N) is 2. The molecule has 4 heteroatoms. The molecule has 0 radical (unpaired) electrons. The molecule has 0 N–H and O–H groups in total. The van der Waals surface area contributed by atoms with Crippen molar-refractivity contribution in [1.29, 1.82) is 0 Å². The Balaban J connectivity index is 1.57. The first-order chi connectivity index (χ1) is 11.1. The maximum absolute atomic E-state index is 11.6. The third-order valence-electron chi connectivity index (χ3n) is 5.50. The van der Waals surface area contributed by atoms with Gasteiger partial charge in [-0.3, -0.25) is 9.69 Å². The van der Waals surface area contributed by atoms with Crippen molar-refractivity contribution in [3.8, 4) is 0 Å². The first-order valence-electron chi connectivity index (χ1n) is 9.16. The average molecular weight is 335 g/mol. The van der Waals surface area contributed by atoms with Crippen LogP contribution in [-0.2, 0) is 17.8 Å². The number of likely N-dealkylation sites (tertiary alicyclic amines) is 2. The Bertz CT molecular complexity index is 541. The fourth-order valence-electron chi connectivity index (χ4n) is 4.20. The molecule has 3 rings (SSSR count). The maximum atomic E-state index is 11.6. The number of carbonyl (C=O) groups is 1. The second-order valence-electron chi connectivity index (χ2n) is 7.48. The normalized spacial score (nSPS) is 25.4. The summed E-state index contributed by atoms with van der Waals surface area (Å²) in [6, 6.07) is 4.65. The molecule has 2 fully saturated rings. The number of thiophene rings is 1. The van der Waals surface area contributed by atoms with E-state index < -0.39 is 0 Å². The fourth-order valence-corrected chi connectivity index (χ4v) is 5.30. The third-order valence-corrected chi connectivity index (χ3v) is 6.63. The van der Waals surface area contributed by atoms with Crippen molar-refractivity contribution in [2.24, 2.45) is 5.41 Å². The van der Waals surface area contributed by atoms with Gasteiger partial charge in [0.15, 0.2) is 0 Å². The summed E-state index contributed by atoms with van der Waals surface area (Å²) in [6.45, 7) is 9.38. The quantitative estimate of drug-likeness (QED) is 0.815. The molecule has 3 nitrogen and oxygen atoms in total. The summed E-state index contributed by atoms with van der Waals surface area (Å²) < 4.78 is 0. The SMILES string of the molecule is CCCCc1ccc(CN2CCC[C@]3(CCN(C(C)=O)C3)C2)s1. The number of amides is 1. The lowest BCUT2D eigenvalue weighted by Gasteiger charge is -2.40. The molecule has 0 saturated carbocycles. The average Bonchev–Trinajstić information content (AvgIpc) is 3.13. The summed E-state index contributed by atoms with van der Waals surface area (Å²) in [7, 11) is 0. The van der Waals surface area contributed by atoms with Gasteiger partial charge in [0, 0.05) is 48.3 Å². The largest absolute Gasteiger partial charge is 0.342 e. The molecule has 2 aliphatic rings. The smallest absolute Gasteiger partial charge is 0.219 e. The number of hydrogen-bond donors (Lipinski definition) is 0. The van der Waals surface area contributed by atoms with Gasteiger partial charge in [-0.15, -0.1) is 11.3 Å². The van der Waals surface area contributed by atoms with E-state index in [9.17, 15) is 4.79 Å². The van der Waals surface area contributed by atoms with Crippen LogP contribution in [0.15, 0.2) is 12.1 Å². The van der Waals surface area contributed by atoms with E-state index in [0.29, 0.717) is 5.41 Å². The number of carbonyl (C=O) groups excluding carboxylic acids is 1. The number of piperidine rings is 1. The van der Waals surface area contributed by atoms with Crippen molar-refractivity contribution in [3.05, 3.63) is 21.9 Å². The van der Waals surface area contributed by atoms with Gasteiger partial charge in [0.05, 0.1) is 0 Å². The van der Waals surface area contributed by atoms with Crippen LogP contribution in [0.2, 0.25) is 0 Å². The molecule has 0 unspecified atom stereocenters. The Morgan fingerprint density at radius 3 is 2.78 bits per heavy atom. The van der Waals surface area contributed by atoms with Crippen molar-refractivity contribution in [1.82, 2.24) is 9.80 Å². The standard InChI is InChI=1S/C19H30N2OS/c1-3-4-6-17-7-8-18(23-17)13-20-11-5-9-19(14-20)10-12-21(15-19)16(2)22/h7-8H,3-6,9-15H2,1-2H3/t19-/m0/s1. The van der Waals surface area contributed by atoms with Gasteiger partial charge >= 0.3 is 0 Å². The van der Waals surface area contributed by atoms with Crippen LogP contribution in [0.4, 0.5) is 0 Å². The van der Waals surface area contributed by atoms with Crippen molar-refractivity contribution in [2.45, 2.75) is 58.9 Å². The highest BCUT2D eigenvalue weighted by atomic mass is 32.1. The lowest BCUT2D eigenvalue weighted by molar-refractivity contribution is -0.128. The molecule has 1 aromatic heterocycles. The molecule has 128 valence electrons. The van der Waals surface area contributed by atoms with Crippen molar-refractivity contribution >= 4 is 17.2 Å². The van der Waals surface area contributed by atoms with E-state index in [2.05, 4.69) is 28.9 Å². The van der Waals surface area contributed by atoms with Gasteiger partial charge in [-0.1, -0.05) is 13.3 Å². The fraction of sp³-hybridized carbons (Fsp3) is 0.737. The molecule has 1 spiro atoms. The molecule has 1 aromatic rings. The molecule has 1 amide bonds. The molecule has 2 saturated heterocycles. The highest BCUT2D eigenvalue weighted by Crippen LogP contribution is 2.39. The van der Waals surface area contributed by atoms with Crippen LogP contribution in [0.5, 0.6) is 0 Å². The van der Waals surface area contributed by atoms with E-state index in [0.717, 1.165) is 19.6 Å². The zero-order chi connectivity index (χ0) is 16.3. The Morgan fingerprint density at radius 1 is 1.22 bits per heavy atom. The molecular formula is C19H30N2OS. The minimum absolute atomic E-state index is 0.248. The number of unbranched alkanes of at least 4 members (excludes halogenated alkanes) is 1. The molecular weight excluding hydrogens is 304 g/mol.